The SMILES string of the molecule is CC(Br)C(=O)Oc1ccc(F)cc1. The van der Waals surface area contributed by atoms with E-state index >= 15 is 0 Å². The highest BCUT2D eigenvalue weighted by atomic mass is 79.9. The average Bonchev–Trinajstić information content (AvgIpc) is 2.08. The zero-order chi connectivity index (χ0) is 9.84. The number of rotatable bonds is 2. The maximum absolute atomic E-state index is 12.4. The number of ether oxygens (including phenoxy) is 1. The number of hydrogen-bond donors (Lipinski definition) is 0. The van der Waals surface area contributed by atoms with Crippen LogP contribution in [0.2, 0.25) is 0 Å². The third-order valence-corrected chi connectivity index (χ3v) is 1.73. The van der Waals surface area contributed by atoms with E-state index in [2.05, 4.69) is 15.9 Å². The fourth-order valence-electron chi connectivity index (χ4n) is 0.700. The Morgan fingerprint density at radius 1 is 1.46 bits per heavy atom. The summed E-state index contributed by atoms with van der Waals surface area (Å²) in [6.45, 7) is 1.66. The Bertz CT molecular complexity index is 295. The van der Waals surface area contributed by atoms with Crippen molar-refractivity contribution < 1.29 is 13.9 Å². The summed E-state index contributed by atoms with van der Waals surface area (Å²) in [6.07, 6.45) is 0. The van der Waals surface area contributed by atoms with Crippen LogP contribution in [-0.2, 0) is 4.79 Å². The number of esters is 1. The van der Waals surface area contributed by atoms with Crippen LogP contribution in [0.5, 0.6) is 5.75 Å². The fourth-order valence-corrected chi connectivity index (χ4v) is 0.793. The number of carbonyl (C=O) groups excluding carboxylic acids is 1. The summed E-state index contributed by atoms with van der Waals surface area (Å²) in [5.41, 5.74) is 0. The van der Waals surface area contributed by atoms with Crippen molar-refractivity contribution in [1.82, 2.24) is 0 Å². The highest BCUT2D eigenvalue weighted by Gasteiger charge is 2.10. The van der Waals surface area contributed by atoms with Gasteiger partial charge in [0.05, 0.1) is 0 Å². The van der Waals surface area contributed by atoms with Crippen molar-refractivity contribution in [1.29, 1.82) is 0 Å². The van der Waals surface area contributed by atoms with Gasteiger partial charge in [0.15, 0.2) is 0 Å². The molecule has 0 aromatic heterocycles. The van der Waals surface area contributed by atoms with Gasteiger partial charge in [0.25, 0.3) is 0 Å². The van der Waals surface area contributed by atoms with Crippen LogP contribution < -0.4 is 4.74 Å². The number of benzene rings is 1. The van der Waals surface area contributed by atoms with Crippen molar-refractivity contribution in [3.63, 3.8) is 0 Å². The average molecular weight is 247 g/mol. The van der Waals surface area contributed by atoms with E-state index in [-0.39, 0.29) is 10.6 Å². The largest absolute Gasteiger partial charge is 0.426 e. The maximum Gasteiger partial charge on any atom is 0.324 e. The number of carbonyl (C=O) groups is 1. The number of hydrogen-bond acceptors (Lipinski definition) is 2. The van der Waals surface area contributed by atoms with Gasteiger partial charge in [-0.25, -0.2) is 4.39 Å². The van der Waals surface area contributed by atoms with E-state index in [1.807, 2.05) is 0 Å². The zero-order valence-electron chi connectivity index (χ0n) is 6.96. The van der Waals surface area contributed by atoms with Crippen LogP contribution in [-0.4, -0.2) is 10.8 Å². The highest BCUT2D eigenvalue weighted by molar-refractivity contribution is 9.10. The van der Waals surface area contributed by atoms with Gasteiger partial charge in [-0.3, -0.25) is 4.79 Å². The number of alkyl halides is 1. The summed E-state index contributed by atoms with van der Waals surface area (Å²) < 4.78 is 17.3. The molecule has 4 heteroatoms. The molecule has 0 radical (unpaired) electrons. The second kappa shape index (κ2) is 4.37. The third-order valence-electron chi connectivity index (χ3n) is 1.36. The summed E-state index contributed by atoms with van der Waals surface area (Å²) in [7, 11) is 0. The first-order valence-corrected chi connectivity index (χ1v) is 4.62. The predicted molar refractivity (Wildman–Crippen MR) is 50.4 cm³/mol. The first-order valence-electron chi connectivity index (χ1n) is 3.71. The van der Waals surface area contributed by atoms with Crippen LogP contribution >= 0.6 is 15.9 Å². The topological polar surface area (TPSA) is 26.3 Å². The fraction of sp³-hybridized carbons (Fsp3) is 0.222. The van der Waals surface area contributed by atoms with Crippen LogP contribution in [0.4, 0.5) is 4.39 Å². The lowest BCUT2D eigenvalue weighted by Gasteiger charge is -2.04. The molecular weight excluding hydrogens is 239 g/mol. The molecule has 1 unspecified atom stereocenters. The molecule has 1 aromatic carbocycles. The van der Waals surface area contributed by atoms with E-state index in [1.165, 1.54) is 24.3 Å². The van der Waals surface area contributed by atoms with Crippen LogP contribution in [0.1, 0.15) is 6.92 Å². The molecule has 0 spiro atoms. The molecule has 0 saturated carbocycles. The summed E-state index contributed by atoms with van der Waals surface area (Å²) in [4.78, 5) is 10.7. The molecule has 70 valence electrons. The molecule has 0 saturated heterocycles. The Kier molecular flexibility index (Phi) is 3.42. The summed E-state index contributed by atoms with van der Waals surface area (Å²) in [5.74, 6) is -0.406. The van der Waals surface area contributed by atoms with Crippen LogP contribution in [0.25, 0.3) is 0 Å². The molecule has 2 nitrogen and oxygen atoms in total. The molecule has 0 amide bonds. The normalized spacial score (nSPS) is 12.2. The molecule has 13 heavy (non-hydrogen) atoms. The van der Waals surface area contributed by atoms with Gasteiger partial charge in [0, 0.05) is 0 Å². The molecule has 0 bridgehead atoms. The second-order valence-electron chi connectivity index (χ2n) is 2.49. The van der Waals surface area contributed by atoms with Crippen molar-refractivity contribution in [3.8, 4) is 5.75 Å². The predicted octanol–water partition coefficient (Wildman–Crippen LogP) is 2.51. The van der Waals surface area contributed by atoms with Gasteiger partial charge in [-0.15, -0.1) is 0 Å². The lowest BCUT2D eigenvalue weighted by molar-refractivity contribution is -0.133. The smallest absolute Gasteiger partial charge is 0.324 e. The highest BCUT2D eigenvalue weighted by Crippen LogP contribution is 2.13. The Balaban J connectivity index is 2.65. The van der Waals surface area contributed by atoms with Crippen molar-refractivity contribution in [2.45, 2.75) is 11.8 Å². The van der Waals surface area contributed by atoms with Gasteiger partial charge in [0.2, 0.25) is 0 Å². The Morgan fingerprint density at radius 2 is 2.00 bits per heavy atom. The van der Waals surface area contributed by atoms with E-state index in [0.717, 1.165) is 0 Å². The Labute approximate surface area is 83.8 Å². The van der Waals surface area contributed by atoms with Gasteiger partial charge in [-0.2, -0.15) is 0 Å². The second-order valence-corrected chi connectivity index (χ2v) is 3.86. The first-order chi connectivity index (χ1) is 6.09. The van der Waals surface area contributed by atoms with Gasteiger partial charge in [-0.1, -0.05) is 15.9 Å². The Morgan fingerprint density at radius 3 is 2.46 bits per heavy atom. The third kappa shape index (κ3) is 3.14. The van der Waals surface area contributed by atoms with E-state index in [1.54, 1.807) is 6.92 Å². The minimum absolute atomic E-state index is 0.345. The molecule has 1 aromatic rings. The minimum atomic E-state index is -0.397. The molecule has 0 heterocycles. The quantitative estimate of drug-likeness (QED) is 0.456. The lowest BCUT2D eigenvalue weighted by Crippen LogP contribution is -2.16. The molecule has 0 aliphatic rings. The standard InChI is InChI=1S/C9H8BrFO2/c1-6(10)9(12)13-8-4-2-7(11)3-5-8/h2-6H,1H3. The molecule has 0 aliphatic carbocycles. The monoisotopic (exact) mass is 246 g/mol. The molecule has 0 aliphatic heterocycles. The Hall–Kier alpha value is -0.900. The molecule has 1 rings (SSSR count). The summed E-state index contributed by atoms with van der Waals surface area (Å²) in [6, 6.07) is 5.29. The van der Waals surface area contributed by atoms with Gasteiger partial charge >= 0.3 is 5.97 Å². The minimum Gasteiger partial charge on any atom is -0.426 e. The van der Waals surface area contributed by atoms with E-state index in [4.69, 9.17) is 4.74 Å². The number of halogens is 2. The maximum atomic E-state index is 12.4. The van der Waals surface area contributed by atoms with Crippen molar-refractivity contribution >= 4 is 21.9 Å². The van der Waals surface area contributed by atoms with Crippen molar-refractivity contribution in [2.24, 2.45) is 0 Å². The van der Waals surface area contributed by atoms with Crippen molar-refractivity contribution in [3.05, 3.63) is 30.1 Å². The van der Waals surface area contributed by atoms with Gasteiger partial charge < -0.3 is 4.74 Å². The van der Waals surface area contributed by atoms with Gasteiger partial charge in [0.1, 0.15) is 16.4 Å². The summed E-state index contributed by atoms with van der Waals surface area (Å²) in [5, 5.41) is 0. The van der Waals surface area contributed by atoms with Crippen molar-refractivity contribution in [2.75, 3.05) is 0 Å². The lowest BCUT2D eigenvalue weighted by atomic mass is 10.3. The molecule has 1 atom stereocenters. The molecule has 0 fully saturated rings. The van der Waals surface area contributed by atoms with E-state index in [9.17, 15) is 9.18 Å². The van der Waals surface area contributed by atoms with Gasteiger partial charge in [-0.05, 0) is 31.2 Å². The van der Waals surface area contributed by atoms with Crippen LogP contribution in [0, 0.1) is 5.82 Å². The van der Waals surface area contributed by atoms with E-state index < -0.39 is 5.97 Å². The first kappa shape index (κ1) is 10.2. The summed E-state index contributed by atoms with van der Waals surface area (Å²) >= 11 is 3.06. The van der Waals surface area contributed by atoms with Crippen LogP contribution in [0.15, 0.2) is 24.3 Å². The molecule has 0 N–H and O–H groups in total. The molecular formula is C9H8BrFO2. The van der Waals surface area contributed by atoms with Crippen LogP contribution in [0.3, 0.4) is 0 Å². The zero-order valence-corrected chi connectivity index (χ0v) is 8.55. The van der Waals surface area contributed by atoms with E-state index in [0.29, 0.717) is 5.75 Å².